The molecule has 1 fully saturated rings. The Morgan fingerprint density at radius 1 is 1.07 bits per heavy atom. The fraction of sp³-hybridized carbons (Fsp3) is 0.733. The zero-order valence-electron chi connectivity index (χ0n) is 10.0. The standard InChI is InChI=1S/C15H24/c1-13-7-5-6-10-15(13)12-11-14-8-3-2-4-9-14/h10-14H,2-9H2,1H3/b12-11+/t13-/m0/s1. The molecule has 2 rings (SSSR count). The molecular weight excluding hydrogens is 180 g/mol. The summed E-state index contributed by atoms with van der Waals surface area (Å²) in [6.45, 7) is 2.37. The van der Waals surface area contributed by atoms with E-state index in [1.165, 1.54) is 51.4 Å². The fourth-order valence-electron chi connectivity index (χ4n) is 2.87. The molecule has 2 aliphatic rings. The highest BCUT2D eigenvalue weighted by Crippen LogP contribution is 2.28. The van der Waals surface area contributed by atoms with Gasteiger partial charge in [-0.05, 0) is 49.5 Å². The van der Waals surface area contributed by atoms with Crippen molar-refractivity contribution < 1.29 is 0 Å². The summed E-state index contributed by atoms with van der Waals surface area (Å²) in [5, 5.41) is 0. The Bertz CT molecular complexity index is 241. The Morgan fingerprint density at radius 3 is 2.60 bits per heavy atom. The van der Waals surface area contributed by atoms with E-state index in [0.29, 0.717) is 0 Å². The number of hydrogen-bond donors (Lipinski definition) is 0. The van der Waals surface area contributed by atoms with E-state index >= 15 is 0 Å². The molecule has 0 aromatic carbocycles. The summed E-state index contributed by atoms with van der Waals surface area (Å²) in [6.07, 6.45) is 18.7. The number of hydrogen-bond acceptors (Lipinski definition) is 0. The maximum atomic E-state index is 2.49. The van der Waals surface area contributed by atoms with Gasteiger partial charge in [0.25, 0.3) is 0 Å². The topological polar surface area (TPSA) is 0 Å². The summed E-state index contributed by atoms with van der Waals surface area (Å²) < 4.78 is 0. The van der Waals surface area contributed by atoms with Crippen LogP contribution in [0.4, 0.5) is 0 Å². The Labute approximate surface area is 94.5 Å². The Hall–Kier alpha value is -0.520. The highest BCUT2D eigenvalue weighted by atomic mass is 14.2. The van der Waals surface area contributed by atoms with Crippen LogP contribution in [0.2, 0.25) is 0 Å². The molecule has 0 heterocycles. The van der Waals surface area contributed by atoms with E-state index in [2.05, 4.69) is 25.2 Å². The minimum atomic E-state index is 0.804. The second-order valence-corrected chi connectivity index (χ2v) is 5.29. The van der Waals surface area contributed by atoms with Gasteiger partial charge in [0.1, 0.15) is 0 Å². The minimum Gasteiger partial charge on any atom is -0.0811 e. The molecule has 0 aromatic heterocycles. The van der Waals surface area contributed by atoms with Crippen molar-refractivity contribution in [3.8, 4) is 0 Å². The molecule has 0 radical (unpaired) electrons. The van der Waals surface area contributed by atoms with E-state index in [4.69, 9.17) is 0 Å². The zero-order valence-corrected chi connectivity index (χ0v) is 10.0. The first kappa shape index (κ1) is 11.0. The molecular formula is C15H24. The Balaban J connectivity index is 1.88. The van der Waals surface area contributed by atoms with E-state index in [9.17, 15) is 0 Å². The van der Waals surface area contributed by atoms with Crippen molar-refractivity contribution in [2.45, 2.75) is 58.3 Å². The van der Waals surface area contributed by atoms with Gasteiger partial charge in [-0.15, -0.1) is 0 Å². The number of rotatable bonds is 2. The Morgan fingerprint density at radius 2 is 1.87 bits per heavy atom. The third kappa shape index (κ3) is 3.22. The molecule has 0 nitrogen and oxygen atoms in total. The van der Waals surface area contributed by atoms with Gasteiger partial charge in [0.2, 0.25) is 0 Å². The molecule has 0 aliphatic heterocycles. The van der Waals surface area contributed by atoms with Crippen molar-refractivity contribution in [3.63, 3.8) is 0 Å². The molecule has 0 N–H and O–H groups in total. The van der Waals surface area contributed by atoms with E-state index in [1.54, 1.807) is 5.57 Å². The summed E-state index contributed by atoms with van der Waals surface area (Å²) in [7, 11) is 0. The largest absolute Gasteiger partial charge is 0.0811 e. The van der Waals surface area contributed by atoms with Crippen LogP contribution >= 0.6 is 0 Å². The molecule has 0 amide bonds. The molecule has 15 heavy (non-hydrogen) atoms. The van der Waals surface area contributed by atoms with Crippen molar-refractivity contribution >= 4 is 0 Å². The van der Waals surface area contributed by atoms with E-state index in [-0.39, 0.29) is 0 Å². The third-order valence-electron chi connectivity index (χ3n) is 4.00. The van der Waals surface area contributed by atoms with Gasteiger partial charge in [-0.1, -0.05) is 44.4 Å². The molecule has 0 aromatic rings. The second kappa shape index (κ2) is 5.53. The highest BCUT2D eigenvalue weighted by Gasteiger charge is 2.12. The van der Waals surface area contributed by atoms with Crippen LogP contribution in [0.1, 0.15) is 58.3 Å². The van der Waals surface area contributed by atoms with Gasteiger partial charge in [0.05, 0.1) is 0 Å². The quantitative estimate of drug-likeness (QED) is 0.602. The van der Waals surface area contributed by atoms with Crippen LogP contribution in [0.25, 0.3) is 0 Å². The van der Waals surface area contributed by atoms with E-state index < -0.39 is 0 Å². The maximum absolute atomic E-state index is 2.49. The molecule has 1 saturated carbocycles. The van der Waals surface area contributed by atoms with Crippen molar-refractivity contribution in [3.05, 3.63) is 23.8 Å². The van der Waals surface area contributed by atoms with Gasteiger partial charge >= 0.3 is 0 Å². The first-order chi connectivity index (χ1) is 7.36. The van der Waals surface area contributed by atoms with Crippen LogP contribution in [0.3, 0.4) is 0 Å². The first-order valence-electron chi connectivity index (χ1n) is 6.74. The van der Waals surface area contributed by atoms with Crippen molar-refractivity contribution in [2.24, 2.45) is 11.8 Å². The van der Waals surface area contributed by atoms with Gasteiger partial charge in [-0.3, -0.25) is 0 Å². The van der Waals surface area contributed by atoms with Gasteiger partial charge in [0, 0.05) is 0 Å². The van der Waals surface area contributed by atoms with E-state index in [0.717, 1.165) is 11.8 Å². The van der Waals surface area contributed by atoms with Crippen molar-refractivity contribution in [1.82, 2.24) is 0 Å². The Kier molecular flexibility index (Phi) is 4.05. The predicted molar refractivity (Wildman–Crippen MR) is 66.8 cm³/mol. The van der Waals surface area contributed by atoms with Crippen LogP contribution in [0.15, 0.2) is 23.8 Å². The smallest absolute Gasteiger partial charge is 0.0194 e. The molecule has 0 heteroatoms. The van der Waals surface area contributed by atoms with Gasteiger partial charge < -0.3 is 0 Å². The van der Waals surface area contributed by atoms with Crippen LogP contribution < -0.4 is 0 Å². The van der Waals surface area contributed by atoms with Crippen molar-refractivity contribution in [1.29, 1.82) is 0 Å². The lowest BCUT2D eigenvalue weighted by atomic mass is 9.85. The monoisotopic (exact) mass is 204 g/mol. The first-order valence-corrected chi connectivity index (χ1v) is 6.74. The zero-order chi connectivity index (χ0) is 10.5. The van der Waals surface area contributed by atoms with Crippen LogP contribution in [-0.4, -0.2) is 0 Å². The van der Waals surface area contributed by atoms with Crippen LogP contribution in [0.5, 0.6) is 0 Å². The van der Waals surface area contributed by atoms with E-state index in [1.807, 2.05) is 0 Å². The summed E-state index contributed by atoms with van der Waals surface area (Å²) in [4.78, 5) is 0. The summed E-state index contributed by atoms with van der Waals surface area (Å²) in [6, 6.07) is 0. The van der Waals surface area contributed by atoms with Crippen molar-refractivity contribution in [2.75, 3.05) is 0 Å². The minimum absolute atomic E-state index is 0.804. The van der Waals surface area contributed by atoms with Crippen LogP contribution in [-0.2, 0) is 0 Å². The summed E-state index contributed by atoms with van der Waals surface area (Å²) in [5.41, 5.74) is 1.60. The molecule has 0 saturated heterocycles. The van der Waals surface area contributed by atoms with Gasteiger partial charge in [-0.2, -0.15) is 0 Å². The fourth-order valence-corrected chi connectivity index (χ4v) is 2.87. The molecule has 1 atom stereocenters. The molecule has 0 bridgehead atoms. The van der Waals surface area contributed by atoms with Gasteiger partial charge in [0.15, 0.2) is 0 Å². The normalized spacial score (nSPS) is 29.4. The second-order valence-electron chi connectivity index (χ2n) is 5.29. The molecule has 0 spiro atoms. The molecule has 2 aliphatic carbocycles. The highest BCUT2D eigenvalue weighted by molar-refractivity contribution is 5.23. The molecule has 84 valence electrons. The number of allylic oxidation sites excluding steroid dienone is 4. The average molecular weight is 204 g/mol. The lowest BCUT2D eigenvalue weighted by Gasteiger charge is -2.20. The lowest BCUT2D eigenvalue weighted by Crippen LogP contribution is -2.05. The predicted octanol–water partition coefficient (Wildman–Crippen LogP) is 4.87. The van der Waals surface area contributed by atoms with Crippen LogP contribution in [0, 0.1) is 11.8 Å². The summed E-state index contributed by atoms with van der Waals surface area (Å²) in [5.74, 6) is 1.69. The lowest BCUT2D eigenvalue weighted by molar-refractivity contribution is 0.419. The summed E-state index contributed by atoms with van der Waals surface area (Å²) >= 11 is 0. The SMILES string of the molecule is C[C@H]1CCCC=C1/C=C/C1CCCCC1. The third-order valence-corrected chi connectivity index (χ3v) is 4.00. The average Bonchev–Trinajstić information content (AvgIpc) is 2.29. The maximum Gasteiger partial charge on any atom is -0.0194 e. The van der Waals surface area contributed by atoms with Gasteiger partial charge in [-0.25, -0.2) is 0 Å². The molecule has 0 unspecified atom stereocenters.